The van der Waals surface area contributed by atoms with Crippen LogP contribution >= 0.6 is 0 Å². The van der Waals surface area contributed by atoms with Crippen LogP contribution in [0.5, 0.6) is 11.5 Å². The molecular weight excluding hydrogens is 226 g/mol. The second kappa shape index (κ2) is 7.77. The molecule has 1 atom stereocenters. The Bertz CT molecular complexity index is 388. The lowest BCUT2D eigenvalue weighted by molar-refractivity contribution is 0.325. The highest BCUT2D eigenvalue weighted by atomic mass is 16.5. The van der Waals surface area contributed by atoms with Crippen LogP contribution in [0.2, 0.25) is 0 Å². The number of hydrogen-bond acceptors (Lipinski definition) is 3. The molecule has 0 aliphatic heterocycles. The van der Waals surface area contributed by atoms with E-state index in [1.165, 1.54) is 5.56 Å². The van der Waals surface area contributed by atoms with E-state index in [1.54, 1.807) is 7.11 Å². The summed E-state index contributed by atoms with van der Waals surface area (Å²) in [7, 11) is 1.65. The van der Waals surface area contributed by atoms with Crippen molar-refractivity contribution in [1.29, 1.82) is 0 Å². The standard InChI is InChI=1S/C15H23NO2/c1-4-6-9-18-15-11-12(10-13(16)5-2)7-8-14(15)17-3/h4,6-8,11,13H,5,9-10,16H2,1-3H3/b6-4+. The third kappa shape index (κ3) is 4.41. The first-order valence-corrected chi connectivity index (χ1v) is 6.37. The summed E-state index contributed by atoms with van der Waals surface area (Å²) in [5.41, 5.74) is 7.15. The van der Waals surface area contributed by atoms with Crippen molar-refractivity contribution < 1.29 is 9.47 Å². The van der Waals surface area contributed by atoms with Crippen molar-refractivity contribution in [1.82, 2.24) is 0 Å². The van der Waals surface area contributed by atoms with Crippen molar-refractivity contribution in [3.8, 4) is 11.5 Å². The molecule has 1 rings (SSSR count). The van der Waals surface area contributed by atoms with Crippen LogP contribution in [-0.4, -0.2) is 19.8 Å². The van der Waals surface area contributed by atoms with Crippen molar-refractivity contribution in [2.75, 3.05) is 13.7 Å². The van der Waals surface area contributed by atoms with Gasteiger partial charge in [0.15, 0.2) is 11.5 Å². The van der Waals surface area contributed by atoms with Crippen LogP contribution in [0.4, 0.5) is 0 Å². The van der Waals surface area contributed by atoms with Gasteiger partial charge in [0.05, 0.1) is 7.11 Å². The lowest BCUT2D eigenvalue weighted by Gasteiger charge is -2.13. The predicted molar refractivity (Wildman–Crippen MR) is 75.3 cm³/mol. The summed E-state index contributed by atoms with van der Waals surface area (Å²) in [4.78, 5) is 0. The summed E-state index contributed by atoms with van der Waals surface area (Å²) in [6, 6.07) is 6.18. The Morgan fingerprint density at radius 1 is 1.33 bits per heavy atom. The van der Waals surface area contributed by atoms with Crippen LogP contribution in [0, 0.1) is 0 Å². The molecule has 0 amide bonds. The molecule has 1 unspecified atom stereocenters. The zero-order valence-corrected chi connectivity index (χ0v) is 11.5. The van der Waals surface area contributed by atoms with E-state index >= 15 is 0 Å². The summed E-state index contributed by atoms with van der Waals surface area (Å²) >= 11 is 0. The Balaban J connectivity index is 2.80. The van der Waals surface area contributed by atoms with Gasteiger partial charge in [-0.25, -0.2) is 0 Å². The molecule has 0 fully saturated rings. The Kier molecular flexibility index (Phi) is 6.29. The minimum absolute atomic E-state index is 0.196. The smallest absolute Gasteiger partial charge is 0.161 e. The van der Waals surface area contributed by atoms with E-state index in [4.69, 9.17) is 15.2 Å². The molecular formula is C15H23NO2. The highest BCUT2D eigenvalue weighted by molar-refractivity contribution is 5.43. The maximum atomic E-state index is 5.96. The number of rotatable bonds is 7. The van der Waals surface area contributed by atoms with Crippen molar-refractivity contribution >= 4 is 0 Å². The van der Waals surface area contributed by atoms with Gasteiger partial charge in [-0.2, -0.15) is 0 Å². The normalized spacial score (nSPS) is 12.7. The third-order valence-corrected chi connectivity index (χ3v) is 2.82. The van der Waals surface area contributed by atoms with E-state index in [1.807, 2.05) is 37.3 Å². The fourth-order valence-electron chi connectivity index (χ4n) is 1.64. The van der Waals surface area contributed by atoms with Crippen LogP contribution in [0.3, 0.4) is 0 Å². The van der Waals surface area contributed by atoms with Crippen molar-refractivity contribution in [3.63, 3.8) is 0 Å². The molecule has 0 heterocycles. The number of benzene rings is 1. The Hall–Kier alpha value is -1.48. The van der Waals surface area contributed by atoms with Crippen LogP contribution in [0.1, 0.15) is 25.8 Å². The van der Waals surface area contributed by atoms with E-state index in [2.05, 4.69) is 6.92 Å². The van der Waals surface area contributed by atoms with Crippen LogP contribution in [0.25, 0.3) is 0 Å². The van der Waals surface area contributed by atoms with Crippen LogP contribution in [0.15, 0.2) is 30.4 Å². The van der Waals surface area contributed by atoms with Gasteiger partial charge in [-0.15, -0.1) is 0 Å². The summed E-state index contributed by atoms with van der Waals surface area (Å²) in [6.07, 6.45) is 5.76. The minimum Gasteiger partial charge on any atom is -0.493 e. The number of hydrogen-bond donors (Lipinski definition) is 1. The fraction of sp³-hybridized carbons (Fsp3) is 0.467. The molecule has 3 heteroatoms. The summed E-state index contributed by atoms with van der Waals surface area (Å²) < 4.78 is 11.0. The molecule has 1 aromatic rings. The number of methoxy groups -OCH3 is 1. The zero-order chi connectivity index (χ0) is 13.4. The highest BCUT2D eigenvalue weighted by Gasteiger charge is 2.07. The first-order valence-electron chi connectivity index (χ1n) is 6.37. The monoisotopic (exact) mass is 249 g/mol. The Morgan fingerprint density at radius 3 is 2.72 bits per heavy atom. The van der Waals surface area contributed by atoms with Gasteiger partial charge >= 0.3 is 0 Å². The van der Waals surface area contributed by atoms with Crippen LogP contribution < -0.4 is 15.2 Å². The van der Waals surface area contributed by atoms with E-state index in [0.29, 0.717) is 6.61 Å². The molecule has 3 nitrogen and oxygen atoms in total. The molecule has 0 saturated heterocycles. The molecule has 0 bridgehead atoms. The summed E-state index contributed by atoms with van der Waals surface area (Å²) in [6.45, 7) is 4.62. The minimum atomic E-state index is 0.196. The van der Waals surface area contributed by atoms with Crippen molar-refractivity contribution in [2.45, 2.75) is 32.7 Å². The average Bonchev–Trinajstić information content (AvgIpc) is 2.39. The van der Waals surface area contributed by atoms with Gasteiger partial charge in [-0.1, -0.05) is 25.1 Å². The van der Waals surface area contributed by atoms with E-state index in [-0.39, 0.29) is 6.04 Å². The van der Waals surface area contributed by atoms with E-state index in [9.17, 15) is 0 Å². The van der Waals surface area contributed by atoms with Crippen molar-refractivity contribution in [2.24, 2.45) is 5.73 Å². The van der Waals surface area contributed by atoms with Gasteiger partial charge in [0.25, 0.3) is 0 Å². The lowest BCUT2D eigenvalue weighted by atomic mass is 10.0. The quantitative estimate of drug-likeness (QED) is 0.756. The van der Waals surface area contributed by atoms with E-state index < -0.39 is 0 Å². The second-order valence-electron chi connectivity index (χ2n) is 4.24. The average molecular weight is 249 g/mol. The molecule has 1 aromatic carbocycles. The lowest BCUT2D eigenvalue weighted by Crippen LogP contribution is -2.21. The first-order chi connectivity index (χ1) is 8.71. The van der Waals surface area contributed by atoms with Crippen LogP contribution in [-0.2, 0) is 6.42 Å². The summed E-state index contributed by atoms with van der Waals surface area (Å²) in [5, 5.41) is 0. The molecule has 0 aromatic heterocycles. The third-order valence-electron chi connectivity index (χ3n) is 2.82. The van der Waals surface area contributed by atoms with Gasteiger partial charge in [-0.3, -0.25) is 0 Å². The van der Waals surface area contributed by atoms with E-state index in [0.717, 1.165) is 24.3 Å². The SMILES string of the molecule is C/C=C/COc1cc(CC(N)CC)ccc1OC. The first kappa shape index (κ1) is 14.6. The molecule has 0 radical (unpaired) electrons. The highest BCUT2D eigenvalue weighted by Crippen LogP contribution is 2.28. The molecule has 100 valence electrons. The molecule has 0 aliphatic rings. The second-order valence-corrected chi connectivity index (χ2v) is 4.24. The number of allylic oxidation sites excluding steroid dienone is 1. The number of nitrogens with two attached hydrogens (primary N) is 1. The Morgan fingerprint density at radius 2 is 2.11 bits per heavy atom. The largest absolute Gasteiger partial charge is 0.493 e. The predicted octanol–water partition coefficient (Wildman–Crippen LogP) is 2.93. The molecule has 18 heavy (non-hydrogen) atoms. The van der Waals surface area contributed by atoms with Gasteiger partial charge in [0, 0.05) is 6.04 Å². The molecule has 2 N–H and O–H groups in total. The zero-order valence-electron chi connectivity index (χ0n) is 11.5. The topological polar surface area (TPSA) is 44.5 Å². The van der Waals surface area contributed by atoms with Gasteiger partial charge < -0.3 is 15.2 Å². The molecule has 0 spiro atoms. The molecule has 0 aliphatic carbocycles. The van der Waals surface area contributed by atoms with Gasteiger partial charge in [0.1, 0.15) is 6.61 Å². The number of ether oxygens (including phenoxy) is 2. The van der Waals surface area contributed by atoms with Gasteiger partial charge in [0.2, 0.25) is 0 Å². The summed E-state index contributed by atoms with van der Waals surface area (Å²) in [5.74, 6) is 1.53. The fourth-order valence-corrected chi connectivity index (χ4v) is 1.64. The maximum absolute atomic E-state index is 5.96. The molecule has 0 saturated carbocycles. The van der Waals surface area contributed by atoms with Crippen molar-refractivity contribution in [3.05, 3.63) is 35.9 Å². The van der Waals surface area contributed by atoms with Gasteiger partial charge in [-0.05, 0) is 37.5 Å². The maximum Gasteiger partial charge on any atom is 0.161 e. The Labute approximate surface area is 110 Å².